The van der Waals surface area contributed by atoms with Gasteiger partial charge in [0.1, 0.15) is 0 Å². The Morgan fingerprint density at radius 2 is 1.67 bits per heavy atom. The number of hydrogen-bond acceptors (Lipinski definition) is 5. The van der Waals surface area contributed by atoms with E-state index >= 15 is 0 Å². The van der Waals surface area contributed by atoms with Crippen molar-refractivity contribution in [2.75, 3.05) is 26.4 Å². The number of rotatable bonds is 6. The molecule has 9 heteroatoms. The zero-order valence-electron chi connectivity index (χ0n) is 22.7. The summed E-state index contributed by atoms with van der Waals surface area (Å²) in [6, 6.07) is 15.5. The number of carbonyl (C=O) groups excluding carboxylic acids is 2. The number of halogens is 1. The molecule has 0 radical (unpaired) electrons. The summed E-state index contributed by atoms with van der Waals surface area (Å²) >= 11 is 0. The number of carbonyl (C=O) groups is 2. The maximum absolute atomic E-state index is 13.2. The van der Waals surface area contributed by atoms with Crippen LogP contribution >= 0.6 is 12.4 Å². The first kappa shape index (κ1) is 27.2. The standard InChI is InChI=1S/C30H36N6O2.ClH/c1-34(2)28(38)23-8-4-22(5-9-23)18-35-14-15-36-25(30(35)19-29(20-30)12-3-13-29)17-32-26(36)27(37)33-16-21-6-10-24(31)11-7-21;/h4-11,17H,3,12-16,18-20,31H2,1-2H3,(H,33,37);1H. The second kappa shape index (κ2) is 10.3. The Balaban J connectivity index is 0.00000308. The molecule has 0 atom stereocenters. The van der Waals surface area contributed by atoms with E-state index in [9.17, 15) is 9.59 Å². The molecule has 1 aromatic heterocycles. The smallest absolute Gasteiger partial charge is 0.287 e. The predicted octanol–water partition coefficient (Wildman–Crippen LogP) is 4.19. The molecule has 2 heterocycles. The SMILES string of the molecule is CN(C)C(=O)c1ccc(CN2CCn3c(cnc3C(=O)NCc3ccc(N)cc3)C23CC2(CCC2)C3)cc1.Cl. The van der Waals surface area contributed by atoms with Gasteiger partial charge < -0.3 is 20.5 Å². The first-order chi connectivity index (χ1) is 18.3. The number of nitrogens with zero attached hydrogens (tertiary/aromatic N) is 4. The van der Waals surface area contributed by atoms with Crippen molar-refractivity contribution in [3.8, 4) is 0 Å². The number of benzene rings is 2. The van der Waals surface area contributed by atoms with Crippen LogP contribution in [0.4, 0.5) is 5.69 Å². The van der Waals surface area contributed by atoms with E-state index in [1.165, 1.54) is 30.5 Å². The molecule has 6 rings (SSSR count). The Bertz CT molecular complexity index is 1350. The van der Waals surface area contributed by atoms with Gasteiger partial charge in [-0.1, -0.05) is 30.7 Å². The summed E-state index contributed by atoms with van der Waals surface area (Å²) in [4.78, 5) is 34.3. The molecule has 0 bridgehead atoms. The number of aromatic nitrogens is 2. The van der Waals surface area contributed by atoms with Gasteiger partial charge in [-0.3, -0.25) is 14.5 Å². The number of imidazole rings is 1. The van der Waals surface area contributed by atoms with Crippen LogP contribution < -0.4 is 11.1 Å². The van der Waals surface area contributed by atoms with Crippen molar-refractivity contribution in [1.29, 1.82) is 0 Å². The summed E-state index contributed by atoms with van der Waals surface area (Å²) in [5, 5.41) is 3.04. The Morgan fingerprint density at radius 1 is 1.00 bits per heavy atom. The highest BCUT2D eigenvalue weighted by Crippen LogP contribution is 2.66. The number of nitrogens with one attached hydrogen (secondary N) is 1. The van der Waals surface area contributed by atoms with Crippen LogP contribution in [0.1, 0.15) is 69.9 Å². The van der Waals surface area contributed by atoms with Crippen molar-refractivity contribution < 1.29 is 9.59 Å². The zero-order valence-corrected chi connectivity index (χ0v) is 23.5. The molecular formula is C30H37ClN6O2. The highest BCUT2D eigenvalue weighted by molar-refractivity contribution is 5.93. The number of hydrogen-bond donors (Lipinski definition) is 2. The molecule has 3 N–H and O–H groups in total. The van der Waals surface area contributed by atoms with Gasteiger partial charge >= 0.3 is 0 Å². The monoisotopic (exact) mass is 548 g/mol. The number of anilines is 1. The first-order valence-electron chi connectivity index (χ1n) is 13.5. The average Bonchev–Trinajstić information content (AvgIpc) is 3.31. The van der Waals surface area contributed by atoms with Crippen LogP contribution in [0.2, 0.25) is 0 Å². The van der Waals surface area contributed by atoms with Crippen molar-refractivity contribution in [3.05, 3.63) is 82.9 Å². The molecular weight excluding hydrogens is 512 g/mol. The molecule has 3 aromatic rings. The van der Waals surface area contributed by atoms with Gasteiger partial charge in [0, 0.05) is 51.5 Å². The summed E-state index contributed by atoms with van der Waals surface area (Å²) in [5.41, 5.74) is 10.9. The lowest BCUT2D eigenvalue weighted by molar-refractivity contribution is -0.148. The van der Waals surface area contributed by atoms with Crippen LogP contribution in [-0.4, -0.2) is 51.8 Å². The van der Waals surface area contributed by atoms with E-state index in [4.69, 9.17) is 5.73 Å². The second-order valence-electron chi connectivity index (χ2n) is 11.6. The highest BCUT2D eigenvalue weighted by Gasteiger charge is 2.62. The van der Waals surface area contributed by atoms with Crippen molar-refractivity contribution in [2.45, 2.75) is 57.3 Å². The first-order valence-corrected chi connectivity index (χ1v) is 13.5. The topological polar surface area (TPSA) is 96.5 Å². The third-order valence-electron chi connectivity index (χ3n) is 8.90. The third kappa shape index (κ3) is 4.80. The minimum Gasteiger partial charge on any atom is -0.399 e. The number of nitrogens with two attached hydrogens (primary N) is 1. The van der Waals surface area contributed by atoms with E-state index in [1.807, 2.05) is 42.6 Å². The molecule has 8 nitrogen and oxygen atoms in total. The van der Waals surface area contributed by atoms with Crippen LogP contribution in [0, 0.1) is 5.41 Å². The summed E-state index contributed by atoms with van der Waals surface area (Å²) in [7, 11) is 3.55. The molecule has 2 aliphatic carbocycles. The van der Waals surface area contributed by atoms with Crippen LogP contribution in [0.5, 0.6) is 0 Å². The Labute approximate surface area is 236 Å². The summed E-state index contributed by atoms with van der Waals surface area (Å²) in [5.74, 6) is 0.370. The van der Waals surface area contributed by atoms with Gasteiger partial charge in [0.2, 0.25) is 0 Å². The molecule has 2 spiro atoms. The van der Waals surface area contributed by atoms with Gasteiger partial charge in [0.05, 0.1) is 17.4 Å². The lowest BCUT2D eigenvalue weighted by atomic mass is 9.47. The molecule has 2 saturated carbocycles. The van der Waals surface area contributed by atoms with Crippen LogP contribution in [0.3, 0.4) is 0 Å². The summed E-state index contributed by atoms with van der Waals surface area (Å²) in [6.45, 7) is 2.84. The molecule has 39 heavy (non-hydrogen) atoms. The van der Waals surface area contributed by atoms with Gasteiger partial charge in [-0.2, -0.15) is 0 Å². The van der Waals surface area contributed by atoms with Crippen molar-refractivity contribution in [1.82, 2.24) is 24.7 Å². The molecule has 2 amide bonds. The van der Waals surface area contributed by atoms with Gasteiger partial charge in [0.25, 0.3) is 11.8 Å². The van der Waals surface area contributed by atoms with E-state index in [1.54, 1.807) is 19.0 Å². The van der Waals surface area contributed by atoms with E-state index < -0.39 is 0 Å². The van der Waals surface area contributed by atoms with Crippen LogP contribution in [0.15, 0.2) is 54.7 Å². The van der Waals surface area contributed by atoms with Crippen molar-refractivity contribution in [2.24, 2.45) is 5.41 Å². The Morgan fingerprint density at radius 3 is 2.28 bits per heavy atom. The number of nitrogen functional groups attached to an aromatic ring is 1. The lowest BCUT2D eigenvalue weighted by Crippen LogP contribution is -2.64. The van der Waals surface area contributed by atoms with E-state index in [0.29, 0.717) is 29.0 Å². The average molecular weight is 549 g/mol. The lowest BCUT2D eigenvalue weighted by Gasteiger charge is -2.65. The fraction of sp³-hybridized carbons (Fsp3) is 0.433. The Kier molecular flexibility index (Phi) is 7.20. The minimum atomic E-state index is -0.143. The van der Waals surface area contributed by atoms with E-state index in [-0.39, 0.29) is 29.8 Å². The fourth-order valence-corrected chi connectivity index (χ4v) is 6.73. The largest absolute Gasteiger partial charge is 0.399 e. The molecule has 206 valence electrons. The second-order valence-corrected chi connectivity index (χ2v) is 11.6. The third-order valence-corrected chi connectivity index (χ3v) is 8.90. The maximum atomic E-state index is 13.2. The van der Waals surface area contributed by atoms with Gasteiger partial charge in [0.15, 0.2) is 5.82 Å². The van der Waals surface area contributed by atoms with E-state index in [2.05, 4.69) is 31.9 Å². The van der Waals surface area contributed by atoms with Crippen molar-refractivity contribution >= 4 is 29.9 Å². The molecule has 2 fully saturated rings. The van der Waals surface area contributed by atoms with Crippen LogP contribution in [0.25, 0.3) is 0 Å². The predicted molar refractivity (Wildman–Crippen MR) is 154 cm³/mol. The number of amides is 2. The van der Waals surface area contributed by atoms with Gasteiger partial charge in [-0.15, -0.1) is 12.4 Å². The molecule has 2 aromatic carbocycles. The van der Waals surface area contributed by atoms with Gasteiger partial charge in [-0.05, 0) is 66.5 Å². The molecule has 1 aliphatic heterocycles. The summed E-state index contributed by atoms with van der Waals surface area (Å²) < 4.78 is 2.15. The Hall–Kier alpha value is -3.36. The maximum Gasteiger partial charge on any atom is 0.287 e. The molecule has 0 saturated heterocycles. The minimum absolute atomic E-state index is 0. The van der Waals surface area contributed by atoms with Gasteiger partial charge in [-0.25, -0.2) is 4.98 Å². The molecule has 3 aliphatic rings. The molecule has 0 unspecified atom stereocenters. The zero-order chi connectivity index (χ0) is 26.5. The highest BCUT2D eigenvalue weighted by atomic mass is 35.5. The quantitative estimate of drug-likeness (QED) is 0.450. The van der Waals surface area contributed by atoms with E-state index in [0.717, 1.165) is 38.0 Å². The van der Waals surface area contributed by atoms with Crippen molar-refractivity contribution in [3.63, 3.8) is 0 Å². The van der Waals surface area contributed by atoms with Crippen LogP contribution in [-0.2, 0) is 25.2 Å². The fourth-order valence-electron chi connectivity index (χ4n) is 6.73. The summed E-state index contributed by atoms with van der Waals surface area (Å²) in [6.07, 6.45) is 8.09. The normalized spacial score (nSPS) is 18.4. The number of fused-ring (bicyclic) bond motifs is 2.